The number of likely N-dealkylation sites (tertiary alicyclic amines) is 1. The molecule has 0 aromatic carbocycles. The van der Waals surface area contributed by atoms with E-state index in [0.717, 1.165) is 30.1 Å². The summed E-state index contributed by atoms with van der Waals surface area (Å²) in [6.45, 7) is 4.89. The minimum Gasteiger partial charge on any atom is -0.314 e. The van der Waals surface area contributed by atoms with Crippen molar-refractivity contribution in [1.29, 1.82) is 0 Å². The lowest BCUT2D eigenvalue weighted by Gasteiger charge is -2.42. The van der Waals surface area contributed by atoms with Gasteiger partial charge in [0.2, 0.25) is 0 Å². The van der Waals surface area contributed by atoms with Crippen LogP contribution < -0.4 is 10.6 Å². The van der Waals surface area contributed by atoms with E-state index in [1.54, 1.807) is 0 Å². The monoisotopic (exact) mass is 279 g/mol. The first-order chi connectivity index (χ1) is 9.74. The van der Waals surface area contributed by atoms with E-state index in [2.05, 4.69) is 29.5 Å². The highest BCUT2D eigenvalue weighted by Gasteiger charge is 2.35. The van der Waals surface area contributed by atoms with Crippen LogP contribution in [0.2, 0.25) is 0 Å². The van der Waals surface area contributed by atoms with Crippen molar-refractivity contribution in [3.05, 3.63) is 0 Å². The average Bonchev–Trinajstić information content (AvgIpc) is 2.97. The number of piperidine rings is 1. The van der Waals surface area contributed by atoms with Gasteiger partial charge in [-0.3, -0.25) is 0 Å². The number of rotatable bonds is 3. The van der Waals surface area contributed by atoms with Crippen LogP contribution in [0.5, 0.6) is 0 Å². The van der Waals surface area contributed by atoms with Crippen LogP contribution in [0.3, 0.4) is 0 Å². The molecule has 2 saturated heterocycles. The first kappa shape index (κ1) is 14.8. The Balaban J connectivity index is 1.56. The molecule has 3 nitrogen and oxygen atoms in total. The van der Waals surface area contributed by atoms with Crippen molar-refractivity contribution in [1.82, 2.24) is 15.5 Å². The van der Waals surface area contributed by atoms with Gasteiger partial charge in [-0.2, -0.15) is 0 Å². The molecule has 3 aliphatic rings. The minimum atomic E-state index is 0.743. The lowest BCUT2D eigenvalue weighted by atomic mass is 9.78. The van der Waals surface area contributed by atoms with Crippen LogP contribution in [0.4, 0.5) is 0 Å². The third-order valence-corrected chi connectivity index (χ3v) is 6.09. The predicted molar refractivity (Wildman–Crippen MR) is 85.0 cm³/mol. The van der Waals surface area contributed by atoms with E-state index in [4.69, 9.17) is 0 Å². The summed E-state index contributed by atoms with van der Waals surface area (Å²) in [6, 6.07) is 3.08. The van der Waals surface area contributed by atoms with Gasteiger partial charge in [-0.1, -0.05) is 12.8 Å². The van der Waals surface area contributed by atoms with E-state index in [9.17, 15) is 0 Å². The van der Waals surface area contributed by atoms with E-state index in [-0.39, 0.29) is 0 Å². The van der Waals surface area contributed by atoms with Crippen LogP contribution in [0.25, 0.3) is 0 Å². The van der Waals surface area contributed by atoms with Gasteiger partial charge in [-0.05, 0) is 71.5 Å². The summed E-state index contributed by atoms with van der Waals surface area (Å²) in [4.78, 5) is 2.51. The van der Waals surface area contributed by atoms with E-state index >= 15 is 0 Å². The van der Waals surface area contributed by atoms with Crippen LogP contribution in [-0.2, 0) is 0 Å². The Morgan fingerprint density at radius 1 is 1.05 bits per heavy atom. The summed E-state index contributed by atoms with van der Waals surface area (Å²) in [5, 5.41) is 7.83. The molecule has 3 rings (SSSR count). The highest BCUT2D eigenvalue weighted by molar-refractivity contribution is 4.94. The first-order valence-electron chi connectivity index (χ1n) is 8.93. The van der Waals surface area contributed by atoms with Crippen molar-refractivity contribution in [3.8, 4) is 0 Å². The Kier molecular flexibility index (Phi) is 5.00. The molecule has 3 heteroatoms. The van der Waals surface area contributed by atoms with Crippen LogP contribution >= 0.6 is 0 Å². The Bertz CT molecular complexity index is 301. The molecule has 0 amide bonds. The van der Waals surface area contributed by atoms with Crippen LogP contribution in [-0.4, -0.2) is 49.2 Å². The van der Waals surface area contributed by atoms with E-state index in [1.807, 2.05) is 0 Å². The van der Waals surface area contributed by atoms with Gasteiger partial charge >= 0.3 is 0 Å². The third-order valence-electron chi connectivity index (χ3n) is 6.09. The average molecular weight is 279 g/mol. The van der Waals surface area contributed by atoms with Crippen molar-refractivity contribution in [2.24, 2.45) is 5.92 Å². The van der Waals surface area contributed by atoms with E-state index in [1.165, 1.54) is 64.5 Å². The van der Waals surface area contributed by atoms with Crippen LogP contribution in [0, 0.1) is 5.92 Å². The third kappa shape index (κ3) is 3.37. The molecular weight excluding hydrogens is 246 g/mol. The Morgan fingerprint density at radius 3 is 2.65 bits per heavy atom. The first-order valence-corrected chi connectivity index (χ1v) is 8.93. The predicted octanol–water partition coefficient (Wildman–Crippen LogP) is 2.37. The maximum atomic E-state index is 4.07. The van der Waals surface area contributed by atoms with E-state index < -0.39 is 0 Å². The number of nitrogens with zero attached hydrogens (tertiary/aromatic N) is 1. The molecule has 20 heavy (non-hydrogen) atoms. The van der Waals surface area contributed by atoms with Gasteiger partial charge in [-0.25, -0.2) is 0 Å². The molecule has 1 aliphatic carbocycles. The lowest BCUT2D eigenvalue weighted by molar-refractivity contribution is 0.135. The van der Waals surface area contributed by atoms with Crippen molar-refractivity contribution in [2.75, 3.05) is 20.1 Å². The maximum Gasteiger partial charge on any atom is 0.0113 e. The zero-order valence-corrected chi connectivity index (χ0v) is 13.4. The largest absolute Gasteiger partial charge is 0.314 e. The second-order valence-electron chi connectivity index (χ2n) is 7.48. The molecule has 2 N–H and O–H groups in total. The second kappa shape index (κ2) is 6.76. The fourth-order valence-electron chi connectivity index (χ4n) is 4.67. The molecular formula is C17H33N3. The number of nitrogens with one attached hydrogen (secondary N) is 2. The maximum absolute atomic E-state index is 4.07. The topological polar surface area (TPSA) is 27.3 Å². The van der Waals surface area contributed by atoms with Crippen molar-refractivity contribution in [2.45, 2.75) is 82.5 Å². The molecule has 0 aromatic heterocycles. The molecule has 116 valence electrons. The summed E-state index contributed by atoms with van der Waals surface area (Å²) in [6.07, 6.45) is 11.2. The summed E-state index contributed by atoms with van der Waals surface area (Å²) < 4.78 is 0. The van der Waals surface area contributed by atoms with Crippen molar-refractivity contribution in [3.63, 3.8) is 0 Å². The Morgan fingerprint density at radius 2 is 1.90 bits per heavy atom. The number of hydrogen-bond acceptors (Lipinski definition) is 3. The normalized spacial score (nSPS) is 43.8. The minimum absolute atomic E-state index is 0.743. The Labute approximate surface area is 124 Å². The van der Waals surface area contributed by atoms with Gasteiger partial charge in [0.1, 0.15) is 0 Å². The molecule has 1 saturated carbocycles. The van der Waals surface area contributed by atoms with Gasteiger partial charge in [0.15, 0.2) is 0 Å². The van der Waals surface area contributed by atoms with Crippen LogP contribution in [0.15, 0.2) is 0 Å². The standard InChI is InChI=1S/C17H33N3/c1-13-12-14(9-11-20(13)2)19-17-7-4-3-6-15(17)16-8-5-10-18-16/h13-19H,3-12H2,1-2H3. The highest BCUT2D eigenvalue weighted by atomic mass is 15.1. The zero-order chi connectivity index (χ0) is 13.9. The van der Waals surface area contributed by atoms with Gasteiger partial charge < -0.3 is 15.5 Å². The van der Waals surface area contributed by atoms with Crippen molar-refractivity contribution >= 4 is 0 Å². The van der Waals surface area contributed by atoms with Crippen LogP contribution in [0.1, 0.15) is 58.3 Å². The summed E-state index contributed by atoms with van der Waals surface area (Å²) >= 11 is 0. The molecule has 0 aromatic rings. The fourth-order valence-corrected chi connectivity index (χ4v) is 4.67. The molecule has 0 spiro atoms. The molecule has 2 heterocycles. The molecule has 0 radical (unpaired) electrons. The molecule has 5 unspecified atom stereocenters. The lowest BCUT2D eigenvalue weighted by Crippen LogP contribution is -2.53. The van der Waals surface area contributed by atoms with Gasteiger partial charge in [-0.15, -0.1) is 0 Å². The van der Waals surface area contributed by atoms with Gasteiger partial charge in [0.25, 0.3) is 0 Å². The quantitative estimate of drug-likeness (QED) is 0.830. The molecule has 0 bridgehead atoms. The second-order valence-corrected chi connectivity index (χ2v) is 7.48. The highest BCUT2D eigenvalue weighted by Crippen LogP contribution is 2.31. The summed E-state index contributed by atoms with van der Waals surface area (Å²) in [7, 11) is 2.27. The molecule has 5 atom stereocenters. The molecule has 2 aliphatic heterocycles. The Hall–Kier alpha value is -0.120. The fraction of sp³-hybridized carbons (Fsp3) is 1.00. The number of hydrogen-bond donors (Lipinski definition) is 2. The van der Waals surface area contributed by atoms with Gasteiger partial charge in [0.05, 0.1) is 0 Å². The smallest absolute Gasteiger partial charge is 0.0113 e. The molecule has 3 fully saturated rings. The summed E-state index contributed by atoms with van der Waals surface area (Å²) in [5.74, 6) is 0.890. The summed E-state index contributed by atoms with van der Waals surface area (Å²) in [5.41, 5.74) is 0. The van der Waals surface area contributed by atoms with Crippen molar-refractivity contribution < 1.29 is 0 Å². The zero-order valence-electron chi connectivity index (χ0n) is 13.4. The van der Waals surface area contributed by atoms with E-state index in [0.29, 0.717) is 0 Å². The van der Waals surface area contributed by atoms with Gasteiger partial charge in [0, 0.05) is 24.2 Å². The SMILES string of the molecule is CC1CC(NC2CCCCC2C2CCCN2)CCN1C.